The molecule has 0 aromatic heterocycles. The number of carbonyl (C=O) groups is 1. The minimum absolute atomic E-state index is 0.157. The quantitative estimate of drug-likeness (QED) is 0.764. The lowest BCUT2D eigenvalue weighted by molar-refractivity contribution is -0.139. The van der Waals surface area contributed by atoms with Crippen LogP contribution in [0.3, 0.4) is 0 Å². The molecule has 0 heterocycles. The molecule has 1 unspecified atom stereocenters. The molecule has 0 aliphatic heterocycles. The number of benzene rings is 1. The predicted molar refractivity (Wildman–Crippen MR) is 48.4 cm³/mol. The van der Waals surface area contributed by atoms with Gasteiger partial charge in [-0.2, -0.15) is 0 Å². The molecule has 0 spiro atoms. The lowest BCUT2D eigenvalue weighted by Gasteiger charge is -2.07. The van der Waals surface area contributed by atoms with E-state index in [1.807, 2.05) is 0 Å². The molecule has 1 aromatic carbocycles. The third-order valence-electron chi connectivity index (χ3n) is 1.77. The second kappa shape index (κ2) is 4.72. The smallest absolute Gasteiger partial charge is 0.305 e. The van der Waals surface area contributed by atoms with E-state index >= 15 is 0 Å². The van der Waals surface area contributed by atoms with E-state index < -0.39 is 12.1 Å². The number of hydrogen-bond acceptors (Lipinski definition) is 2. The van der Waals surface area contributed by atoms with Gasteiger partial charge in [-0.3, -0.25) is 4.79 Å². The van der Waals surface area contributed by atoms with Crippen LogP contribution in [0.5, 0.6) is 0 Å². The minimum atomic E-state index is -1.06. The number of carboxylic acid groups (broad SMARTS) is 1. The van der Waals surface area contributed by atoms with Crippen LogP contribution in [0.4, 0.5) is 4.39 Å². The Bertz CT molecular complexity index is 325. The summed E-state index contributed by atoms with van der Waals surface area (Å²) in [6.45, 7) is 0. The van der Waals surface area contributed by atoms with Crippen molar-refractivity contribution >= 4 is 5.97 Å². The summed E-state index contributed by atoms with van der Waals surface area (Å²) in [6.07, 6.45) is -1.13. The molecule has 0 saturated heterocycles. The van der Waals surface area contributed by atoms with Gasteiger partial charge in [-0.25, -0.2) is 4.39 Å². The zero-order valence-electron chi connectivity index (χ0n) is 7.48. The van der Waals surface area contributed by atoms with E-state index in [0.717, 1.165) is 0 Å². The second-order valence-corrected chi connectivity index (χ2v) is 3.09. The van der Waals surface area contributed by atoms with E-state index in [9.17, 15) is 14.3 Å². The Balaban J connectivity index is 2.55. The van der Waals surface area contributed by atoms with Gasteiger partial charge in [0.05, 0.1) is 12.5 Å². The van der Waals surface area contributed by atoms with E-state index in [0.29, 0.717) is 5.56 Å². The van der Waals surface area contributed by atoms with Crippen LogP contribution in [0.1, 0.15) is 12.0 Å². The molecule has 1 aromatic rings. The highest BCUT2D eigenvalue weighted by molar-refractivity contribution is 5.67. The molecule has 0 fully saturated rings. The Kier molecular flexibility index (Phi) is 3.59. The van der Waals surface area contributed by atoms with Crippen molar-refractivity contribution in [2.45, 2.75) is 18.9 Å². The summed E-state index contributed by atoms with van der Waals surface area (Å²) >= 11 is 0. The molecule has 1 atom stereocenters. The molecule has 14 heavy (non-hydrogen) atoms. The number of aliphatic carboxylic acids is 1. The van der Waals surface area contributed by atoms with E-state index in [-0.39, 0.29) is 18.7 Å². The number of halogens is 1. The van der Waals surface area contributed by atoms with Crippen LogP contribution >= 0.6 is 0 Å². The van der Waals surface area contributed by atoms with Crippen LogP contribution in [0, 0.1) is 5.82 Å². The zero-order chi connectivity index (χ0) is 10.6. The van der Waals surface area contributed by atoms with Crippen molar-refractivity contribution in [1.29, 1.82) is 0 Å². The van der Waals surface area contributed by atoms with Crippen molar-refractivity contribution in [2.24, 2.45) is 0 Å². The van der Waals surface area contributed by atoms with Crippen LogP contribution in [-0.4, -0.2) is 22.3 Å². The third-order valence-corrected chi connectivity index (χ3v) is 1.77. The first kappa shape index (κ1) is 10.7. The first-order valence-electron chi connectivity index (χ1n) is 4.22. The molecule has 2 N–H and O–H groups in total. The van der Waals surface area contributed by atoms with Gasteiger partial charge in [0.15, 0.2) is 0 Å². The first-order valence-corrected chi connectivity index (χ1v) is 4.22. The van der Waals surface area contributed by atoms with Crippen LogP contribution in [-0.2, 0) is 11.2 Å². The van der Waals surface area contributed by atoms with E-state index in [4.69, 9.17) is 5.11 Å². The van der Waals surface area contributed by atoms with Gasteiger partial charge in [0, 0.05) is 0 Å². The van der Waals surface area contributed by atoms with Gasteiger partial charge in [-0.1, -0.05) is 12.1 Å². The van der Waals surface area contributed by atoms with Crippen molar-refractivity contribution in [3.05, 3.63) is 35.6 Å². The van der Waals surface area contributed by atoms with Crippen LogP contribution < -0.4 is 0 Å². The summed E-state index contributed by atoms with van der Waals surface area (Å²) in [5.41, 5.74) is 0.596. The molecule has 4 heteroatoms. The molecule has 0 aliphatic rings. The SMILES string of the molecule is O=C(O)CC(O)Cc1cccc(F)c1. The van der Waals surface area contributed by atoms with Crippen molar-refractivity contribution in [1.82, 2.24) is 0 Å². The Morgan fingerprint density at radius 1 is 1.50 bits per heavy atom. The van der Waals surface area contributed by atoms with Crippen LogP contribution in [0.25, 0.3) is 0 Å². The molecule has 0 aliphatic carbocycles. The Labute approximate surface area is 80.8 Å². The van der Waals surface area contributed by atoms with Crippen molar-refractivity contribution in [2.75, 3.05) is 0 Å². The highest BCUT2D eigenvalue weighted by Gasteiger charge is 2.10. The molecule has 0 radical (unpaired) electrons. The average Bonchev–Trinajstić information content (AvgIpc) is 2.01. The number of hydrogen-bond donors (Lipinski definition) is 2. The number of aliphatic hydroxyl groups excluding tert-OH is 1. The molecule has 0 amide bonds. The average molecular weight is 198 g/mol. The Morgan fingerprint density at radius 2 is 2.21 bits per heavy atom. The summed E-state index contributed by atoms with van der Waals surface area (Å²) in [7, 11) is 0. The summed E-state index contributed by atoms with van der Waals surface area (Å²) < 4.78 is 12.7. The lowest BCUT2D eigenvalue weighted by Crippen LogP contribution is -2.15. The van der Waals surface area contributed by atoms with E-state index in [1.165, 1.54) is 18.2 Å². The second-order valence-electron chi connectivity index (χ2n) is 3.09. The van der Waals surface area contributed by atoms with Crippen LogP contribution in [0.2, 0.25) is 0 Å². The topological polar surface area (TPSA) is 57.5 Å². The molecule has 76 valence electrons. The summed E-state index contributed by atoms with van der Waals surface area (Å²) in [5.74, 6) is -1.45. The van der Waals surface area contributed by atoms with Gasteiger partial charge in [-0.05, 0) is 24.1 Å². The third kappa shape index (κ3) is 3.53. The van der Waals surface area contributed by atoms with Gasteiger partial charge in [0.1, 0.15) is 5.82 Å². The summed E-state index contributed by atoms with van der Waals surface area (Å²) in [6, 6.07) is 5.75. The highest BCUT2D eigenvalue weighted by Crippen LogP contribution is 2.08. The highest BCUT2D eigenvalue weighted by atomic mass is 19.1. The molecular formula is C10H11FO3. The molecule has 0 saturated carbocycles. The Hall–Kier alpha value is -1.42. The number of rotatable bonds is 4. The summed E-state index contributed by atoms with van der Waals surface area (Å²) in [5, 5.41) is 17.6. The fourth-order valence-corrected chi connectivity index (χ4v) is 1.21. The lowest BCUT2D eigenvalue weighted by atomic mass is 10.1. The largest absolute Gasteiger partial charge is 0.481 e. The van der Waals surface area contributed by atoms with Gasteiger partial charge in [0.2, 0.25) is 0 Å². The minimum Gasteiger partial charge on any atom is -0.481 e. The van der Waals surface area contributed by atoms with Crippen molar-refractivity contribution in [3.8, 4) is 0 Å². The maximum absolute atomic E-state index is 12.7. The summed E-state index contributed by atoms with van der Waals surface area (Å²) in [4.78, 5) is 10.2. The van der Waals surface area contributed by atoms with Crippen molar-refractivity contribution < 1.29 is 19.4 Å². The standard InChI is InChI=1S/C10H11FO3/c11-8-3-1-2-7(4-8)5-9(12)6-10(13)14/h1-4,9,12H,5-6H2,(H,13,14). The monoisotopic (exact) mass is 198 g/mol. The van der Waals surface area contributed by atoms with Crippen LogP contribution in [0.15, 0.2) is 24.3 Å². The van der Waals surface area contributed by atoms with Gasteiger partial charge < -0.3 is 10.2 Å². The zero-order valence-corrected chi connectivity index (χ0v) is 7.48. The van der Waals surface area contributed by atoms with Gasteiger partial charge >= 0.3 is 5.97 Å². The van der Waals surface area contributed by atoms with Crippen molar-refractivity contribution in [3.63, 3.8) is 0 Å². The Morgan fingerprint density at radius 3 is 2.79 bits per heavy atom. The first-order chi connectivity index (χ1) is 6.58. The van der Waals surface area contributed by atoms with E-state index in [1.54, 1.807) is 6.07 Å². The maximum atomic E-state index is 12.7. The fraction of sp³-hybridized carbons (Fsp3) is 0.300. The fourth-order valence-electron chi connectivity index (χ4n) is 1.21. The van der Waals surface area contributed by atoms with E-state index in [2.05, 4.69) is 0 Å². The van der Waals surface area contributed by atoms with Gasteiger partial charge in [0.25, 0.3) is 0 Å². The molecule has 0 bridgehead atoms. The predicted octanol–water partition coefficient (Wildman–Crippen LogP) is 1.20. The molecule has 3 nitrogen and oxygen atoms in total. The molecule has 1 rings (SSSR count). The molecular weight excluding hydrogens is 187 g/mol. The number of carboxylic acids is 1. The maximum Gasteiger partial charge on any atom is 0.305 e. The van der Waals surface area contributed by atoms with Gasteiger partial charge in [-0.15, -0.1) is 0 Å². The number of aliphatic hydroxyl groups is 1. The normalized spacial score (nSPS) is 12.4.